The fourth-order valence-electron chi connectivity index (χ4n) is 2.12. The largest absolute Gasteiger partial charge is 0.351 e. The third-order valence-electron chi connectivity index (χ3n) is 2.83. The van der Waals surface area contributed by atoms with Crippen LogP contribution in [0.5, 0.6) is 0 Å². The van der Waals surface area contributed by atoms with E-state index in [2.05, 4.69) is 5.32 Å². The summed E-state index contributed by atoms with van der Waals surface area (Å²) in [6.45, 7) is 2.91. The van der Waals surface area contributed by atoms with Crippen LogP contribution in [0.3, 0.4) is 0 Å². The smallest absolute Gasteiger partial charge is 0.247 e. The molecule has 0 saturated carbocycles. The van der Waals surface area contributed by atoms with Gasteiger partial charge in [0.1, 0.15) is 5.54 Å². The number of β-lactam (4-membered cyclic amide) rings is 1. The van der Waals surface area contributed by atoms with E-state index in [4.69, 9.17) is 0 Å². The molecule has 0 aromatic heterocycles. The first-order valence-corrected chi connectivity index (χ1v) is 4.23. The minimum atomic E-state index is -0.453. The predicted molar refractivity (Wildman–Crippen MR) is 42.4 cm³/mol. The molecule has 0 aliphatic carbocycles. The van der Waals surface area contributed by atoms with Crippen molar-refractivity contribution in [1.82, 2.24) is 10.2 Å². The quantitative estimate of drug-likeness (QED) is 0.496. The van der Waals surface area contributed by atoms with E-state index in [1.807, 2.05) is 0 Å². The fourth-order valence-corrected chi connectivity index (χ4v) is 2.12. The van der Waals surface area contributed by atoms with Crippen molar-refractivity contribution < 1.29 is 9.59 Å². The van der Waals surface area contributed by atoms with Crippen molar-refractivity contribution in [3.8, 4) is 0 Å². The van der Waals surface area contributed by atoms with Crippen LogP contribution in [0.2, 0.25) is 0 Å². The van der Waals surface area contributed by atoms with E-state index in [0.29, 0.717) is 6.54 Å². The van der Waals surface area contributed by atoms with Gasteiger partial charge in [0.25, 0.3) is 0 Å². The molecule has 2 rings (SSSR count). The monoisotopic (exact) mass is 168 g/mol. The van der Waals surface area contributed by atoms with E-state index in [1.165, 1.54) is 6.92 Å². The maximum Gasteiger partial charge on any atom is 0.247 e. The maximum absolute atomic E-state index is 11.3. The van der Waals surface area contributed by atoms with Crippen molar-refractivity contribution in [1.29, 1.82) is 0 Å². The maximum atomic E-state index is 11.3. The Morgan fingerprint density at radius 1 is 1.67 bits per heavy atom. The lowest BCUT2D eigenvalue weighted by molar-refractivity contribution is -0.150. The molecule has 1 N–H and O–H groups in total. The van der Waals surface area contributed by atoms with Gasteiger partial charge in [0.2, 0.25) is 11.8 Å². The number of nitrogens with one attached hydrogen (secondary N) is 1. The van der Waals surface area contributed by atoms with Gasteiger partial charge in [-0.25, -0.2) is 0 Å². The molecule has 2 heterocycles. The summed E-state index contributed by atoms with van der Waals surface area (Å²) in [6, 6.07) is 0. The molecule has 4 heteroatoms. The molecule has 4 nitrogen and oxygen atoms in total. The van der Waals surface area contributed by atoms with Crippen LogP contribution in [0.1, 0.15) is 19.8 Å². The molecule has 1 spiro atoms. The SMILES string of the molecule is CC(=O)N1CCCC12CNC2=O. The number of rotatable bonds is 0. The summed E-state index contributed by atoms with van der Waals surface area (Å²) in [4.78, 5) is 24.1. The molecule has 2 saturated heterocycles. The van der Waals surface area contributed by atoms with Crippen molar-refractivity contribution in [2.24, 2.45) is 0 Å². The van der Waals surface area contributed by atoms with Crippen LogP contribution in [0.4, 0.5) is 0 Å². The van der Waals surface area contributed by atoms with Crippen LogP contribution in [0, 0.1) is 0 Å². The van der Waals surface area contributed by atoms with Gasteiger partial charge in [-0.05, 0) is 12.8 Å². The van der Waals surface area contributed by atoms with Crippen LogP contribution in [-0.2, 0) is 9.59 Å². The minimum absolute atomic E-state index is 0.0161. The van der Waals surface area contributed by atoms with Gasteiger partial charge in [-0.1, -0.05) is 0 Å². The number of carbonyl (C=O) groups is 2. The van der Waals surface area contributed by atoms with Gasteiger partial charge < -0.3 is 10.2 Å². The van der Waals surface area contributed by atoms with Crippen molar-refractivity contribution in [2.75, 3.05) is 13.1 Å². The van der Waals surface area contributed by atoms with Crippen LogP contribution in [-0.4, -0.2) is 35.3 Å². The van der Waals surface area contributed by atoms with Crippen molar-refractivity contribution in [2.45, 2.75) is 25.3 Å². The van der Waals surface area contributed by atoms with Gasteiger partial charge in [0.15, 0.2) is 0 Å². The molecule has 0 radical (unpaired) electrons. The topological polar surface area (TPSA) is 49.4 Å². The zero-order valence-electron chi connectivity index (χ0n) is 7.09. The van der Waals surface area contributed by atoms with Gasteiger partial charge in [-0.2, -0.15) is 0 Å². The third kappa shape index (κ3) is 0.722. The van der Waals surface area contributed by atoms with E-state index in [-0.39, 0.29) is 11.8 Å². The van der Waals surface area contributed by atoms with Crippen LogP contribution >= 0.6 is 0 Å². The van der Waals surface area contributed by atoms with Crippen LogP contribution in [0.15, 0.2) is 0 Å². The molecule has 0 aromatic carbocycles. The Morgan fingerprint density at radius 3 is 2.75 bits per heavy atom. The lowest BCUT2D eigenvalue weighted by atomic mass is 9.88. The molecule has 2 amide bonds. The molecule has 2 fully saturated rings. The van der Waals surface area contributed by atoms with Gasteiger partial charge in [-0.15, -0.1) is 0 Å². The lowest BCUT2D eigenvalue weighted by Gasteiger charge is -2.43. The summed E-state index contributed by atoms with van der Waals surface area (Å²) < 4.78 is 0. The second-order valence-electron chi connectivity index (χ2n) is 3.49. The van der Waals surface area contributed by atoms with E-state index in [1.54, 1.807) is 4.90 Å². The van der Waals surface area contributed by atoms with Crippen molar-refractivity contribution >= 4 is 11.8 Å². The van der Waals surface area contributed by atoms with E-state index < -0.39 is 5.54 Å². The lowest BCUT2D eigenvalue weighted by Crippen LogP contribution is -2.71. The molecular weight excluding hydrogens is 156 g/mol. The number of carbonyl (C=O) groups excluding carboxylic acids is 2. The molecule has 1 unspecified atom stereocenters. The van der Waals surface area contributed by atoms with Gasteiger partial charge in [0, 0.05) is 20.0 Å². The molecule has 0 bridgehead atoms. The average molecular weight is 168 g/mol. The predicted octanol–water partition coefficient (Wildman–Crippen LogP) is -0.503. The van der Waals surface area contributed by atoms with Gasteiger partial charge >= 0.3 is 0 Å². The van der Waals surface area contributed by atoms with Crippen LogP contribution < -0.4 is 5.32 Å². The van der Waals surface area contributed by atoms with Gasteiger partial charge in [-0.3, -0.25) is 9.59 Å². The number of hydrogen-bond acceptors (Lipinski definition) is 2. The first-order chi connectivity index (χ1) is 5.67. The zero-order chi connectivity index (χ0) is 8.77. The Kier molecular flexibility index (Phi) is 1.40. The Labute approximate surface area is 70.9 Å². The molecule has 0 aromatic rings. The van der Waals surface area contributed by atoms with Crippen molar-refractivity contribution in [3.05, 3.63) is 0 Å². The average Bonchev–Trinajstić information content (AvgIpc) is 2.47. The number of amides is 2. The first kappa shape index (κ1) is 7.58. The van der Waals surface area contributed by atoms with Crippen molar-refractivity contribution in [3.63, 3.8) is 0 Å². The summed E-state index contributed by atoms with van der Waals surface area (Å²) in [5.74, 6) is 0.0394. The molecule has 2 aliphatic rings. The molecule has 12 heavy (non-hydrogen) atoms. The Balaban J connectivity index is 2.24. The zero-order valence-corrected chi connectivity index (χ0v) is 7.09. The molecule has 66 valence electrons. The van der Waals surface area contributed by atoms with Gasteiger partial charge in [0.05, 0.1) is 0 Å². The molecule has 2 aliphatic heterocycles. The minimum Gasteiger partial charge on any atom is -0.351 e. The third-order valence-corrected chi connectivity index (χ3v) is 2.83. The molecule has 1 atom stereocenters. The Bertz CT molecular complexity index is 251. The summed E-state index contributed by atoms with van der Waals surface area (Å²) in [7, 11) is 0. The first-order valence-electron chi connectivity index (χ1n) is 4.23. The van der Waals surface area contributed by atoms with E-state index in [9.17, 15) is 9.59 Å². The Morgan fingerprint density at radius 2 is 2.42 bits per heavy atom. The summed E-state index contributed by atoms with van der Waals surface area (Å²) in [5, 5.41) is 2.69. The fraction of sp³-hybridized carbons (Fsp3) is 0.750. The number of hydrogen-bond donors (Lipinski definition) is 1. The normalized spacial score (nSPS) is 33.4. The highest BCUT2D eigenvalue weighted by atomic mass is 16.2. The Hall–Kier alpha value is -1.06. The van der Waals surface area contributed by atoms with Crippen LogP contribution in [0.25, 0.3) is 0 Å². The second-order valence-corrected chi connectivity index (χ2v) is 3.49. The standard InChI is InChI=1S/C8H12N2O2/c1-6(11)10-4-2-3-8(10)5-9-7(8)12/h2-5H2,1H3,(H,9,12). The highest BCUT2D eigenvalue weighted by molar-refractivity contribution is 5.96. The summed E-state index contributed by atoms with van der Waals surface area (Å²) >= 11 is 0. The van der Waals surface area contributed by atoms with E-state index >= 15 is 0 Å². The van der Waals surface area contributed by atoms with E-state index in [0.717, 1.165) is 19.4 Å². The highest BCUT2D eigenvalue weighted by Gasteiger charge is 2.54. The number of likely N-dealkylation sites (tertiary alicyclic amines) is 1. The summed E-state index contributed by atoms with van der Waals surface area (Å²) in [6.07, 6.45) is 1.78. The second kappa shape index (κ2) is 2.21. The molecular formula is C8H12N2O2. The highest BCUT2D eigenvalue weighted by Crippen LogP contribution is 2.33. The number of nitrogens with zero attached hydrogens (tertiary/aromatic N) is 1. The summed E-state index contributed by atoms with van der Waals surface area (Å²) in [5.41, 5.74) is -0.453.